The third kappa shape index (κ3) is 4.71. The number of methoxy groups -OCH3 is 3. The first-order valence-electron chi connectivity index (χ1n) is 8.76. The van der Waals surface area contributed by atoms with Crippen LogP contribution >= 0.6 is 0 Å². The highest BCUT2D eigenvalue weighted by atomic mass is 16.5. The van der Waals surface area contributed by atoms with Gasteiger partial charge in [-0.15, -0.1) is 0 Å². The Morgan fingerprint density at radius 3 is 2.08 bits per heavy atom. The van der Waals surface area contributed by atoms with E-state index >= 15 is 0 Å². The van der Waals surface area contributed by atoms with Gasteiger partial charge in [-0.2, -0.15) is 0 Å². The lowest BCUT2D eigenvalue weighted by Gasteiger charge is -2.37. The lowest BCUT2D eigenvalue weighted by Crippen LogP contribution is -2.48. The van der Waals surface area contributed by atoms with E-state index in [-0.39, 0.29) is 0 Å². The van der Waals surface area contributed by atoms with Crippen molar-refractivity contribution in [3.05, 3.63) is 17.7 Å². The molecular formula is C19H31N3O3. The van der Waals surface area contributed by atoms with Crippen LogP contribution in [0.2, 0.25) is 0 Å². The van der Waals surface area contributed by atoms with Crippen LogP contribution in [0.25, 0.3) is 0 Å². The maximum atomic E-state index is 5.42. The van der Waals surface area contributed by atoms with E-state index < -0.39 is 0 Å². The first-order valence-corrected chi connectivity index (χ1v) is 8.76. The molecule has 0 amide bonds. The summed E-state index contributed by atoms with van der Waals surface area (Å²) in [6, 6.07) is 3.92. The lowest BCUT2D eigenvalue weighted by atomic mass is 9.92. The molecule has 1 aromatic rings. The van der Waals surface area contributed by atoms with E-state index in [0.717, 1.165) is 24.6 Å². The summed E-state index contributed by atoms with van der Waals surface area (Å²) < 4.78 is 16.2. The molecule has 1 heterocycles. The molecule has 2 atom stereocenters. The highest BCUT2D eigenvalue weighted by Gasteiger charge is 2.24. The van der Waals surface area contributed by atoms with Crippen molar-refractivity contribution in [1.29, 1.82) is 0 Å². The summed E-state index contributed by atoms with van der Waals surface area (Å²) in [5.74, 6) is 4.23. The van der Waals surface area contributed by atoms with Gasteiger partial charge >= 0.3 is 0 Å². The van der Waals surface area contributed by atoms with Crippen molar-refractivity contribution in [2.24, 2.45) is 16.8 Å². The number of aliphatic imine (C=N–C) groups is 1. The van der Waals surface area contributed by atoms with Gasteiger partial charge in [0.15, 0.2) is 17.5 Å². The first-order chi connectivity index (χ1) is 12.0. The molecule has 1 saturated heterocycles. The van der Waals surface area contributed by atoms with Crippen LogP contribution in [-0.2, 0) is 6.54 Å². The number of hydrogen-bond donors (Lipinski definition) is 1. The second kappa shape index (κ2) is 8.83. The topological polar surface area (TPSA) is 55.3 Å². The number of benzene rings is 1. The third-order valence-electron chi connectivity index (χ3n) is 4.56. The van der Waals surface area contributed by atoms with Crippen molar-refractivity contribution in [3.63, 3.8) is 0 Å². The minimum absolute atomic E-state index is 0.608. The Balaban J connectivity index is 2.11. The Morgan fingerprint density at radius 1 is 1.08 bits per heavy atom. The van der Waals surface area contributed by atoms with Gasteiger partial charge in [0, 0.05) is 26.7 Å². The predicted molar refractivity (Wildman–Crippen MR) is 101 cm³/mol. The fourth-order valence-electron chi connectivity index (χ4n) is 3.59. The van der Waals surface area contributed by atoms with Crippen molar-refractivity contribution >= 4 is 5.96 Å². The summed E-state index contributed by atoms with van der Waals surface area (Å²) in [5.41, 5.74) is 1.05. The highest BCUT2D eigenvalue weighted by molar-refractivity contribution is 5.80. The maximum Gasteiger partial charge on any atom is 0.203 e. The fraction of sp³-hybridized carbons (Fsp3) is 0.632. The maximum absolute atomic E-state index is 5.42. The van der Waals surface area contributed by atoms with E-state index in [1.807, 2.05) is 19.2 Å². The molecule has 1 aromatic carbocycles. The van der Waals surface area contributed by atoms with Gasteiger partial charge < -0.3 is 24.4 Å². The standard InChI is InChI=1S/C19H31N3O3/c1-13-7-14(2)12-22(11-13)19(20-3)21-10-15-8-16(23-4)18(25-6)17(9-15)24-5/h8-9,13-14H,7,10-12H2,1-6H3,(H,20,21). The van der Waals surface area contributed by atoms with Crippen molar-refractivity contribution < 1.29 is 14.2 Å². The van der Waals surface area contributed by atoms with E-state index in [1.165, 1.54) is 6.42 Å². The zero-order valence-electron chi connectivity index (χ0n) is 16.3. The molecule has 6 heteroatoms. The van der Waals surface area contributed by atoms with Gasteiger partial charge in [0.1, 0.15) is 0 Å². The number of piperidine rings is 1. The molecule has 1 fully saturated rings. The number of nitrogens with one attached hydrogen (secondary N) is 1. The Morgan fingerprint density at radius 2 is 1.64 bits per heavy atom. The van der Waals surface area contributed by atoms with Gasteiger partial charge in [0.05, 0.1) is 21.3 Å². The largest absolute Gasteiger partial charge is 0.493 e. The Hall–Kier alpha value is -2.11. The minimum Gasteiger partial charge on any atom is -0.493 e. The average molecular weight is 349 g/mol. The number of ether oxygens (including phenoxy) is 3. The molecule has 1 aliphatic heterocycles. The summed E-state index contributed by atoms with van der Waals surface area (Å²) >= 11 is 0. The van der Waals surface area contributed by atoms with Gasteiger partial charge in [-0.3, -0.25) is 4.99 Å². The second-order valence-electron chi connectivity index (χ2n) is 6.79. The van der Waals surface area contributed by atoms with Crippen LogP contribution in [0.4, 0.5) is 0 Å². The molecule has 6 nitrogen and oxygen atoms in total. The first kappa shape index (κ1) is 19.2. The van der Waals surface area contributed by atoms with E-state index in [0.29, 0.717) is 35.6 Å². The minimum atomic E-state index is 0.608. The molecule has 0 bridgehead atoms. The van der Waals surface area contributed by atoms with Crippen LogP contribution in [0.3, 0.4) is 0 Å². The van der Waals surface area contributed by atoms with Gasteiger partial charge in [-0.05, 0) is 36.0 Å². The molecular weight excluding hydrogens is 318 g/mol. The van der Waals surface area contributed by atoms with Crippen LogP contribution in [0, 0.1) is 11.8 Å². The van der Waals surface area contributed by atoms with Crippen LogP contribution in [0.5, 0.6) is 17.2 Å². The Labute approximate surface area is 151 Å². The van der Waals surface area contributed by atoms with Gasteiger partial charge in [0.25, 0.3) is 0 Å². The molecule has 1 N–H and O–H groups in total. The summed E-state index contributed by atoms with van der Waals surface area (Å²) in [4.78, 5) is 6.80. The van der Waals surface area contributed by atoms with Gasteiger partial charge in [-0.25, -0.2) is 0 Å². The summed E-state index contributed by atoms with van der Waals surface area (Å²) in [6.45, 7) is 7.32. The van der Waals surface area contributed by atoms with E-state index in [4.69, 9.17) is 14.2 Å². The predicted octanol–water partition coefficient (Wildman–Crippen LogP) is 2.77. The zero-order valence-corrected chi connectivity index (χ0v) is 16.3. The van der Waals surface area contributed by atoms with Crippen LogP contribution in [0.1, 0.15) is 25.8 Å². The Bertz CT molecular complexity index is 569. The monoisotopic (exact) mass is 349 g/mol. The number of nitrogens with zero attached hydrogens (tertiary/aromatic N) is 2. The molecule has 0 aromatic heterocycles. The molecule has 2 unspecified atom stereocenters. The zero-order chi connectivity index (χ0) is 18.4. The number of guanidine groups is 1. The molecule has 140 valence electrons. The van der Waals surface area contributed by atoms with Crippen molar-refractivity contribution in [3.8, 4) is 17.2 Å². The fourth-order valence-corrected chi connectivity index (χ4v) is 3.59. The van der Waals surface area contributed by atoms with Crippen molar-refractivity contribution in [2.45, 2.75) is 26.8 Å². The summed E-state index contributed by atoms with van der Waals surface area (Å²) in [6.07, 6.45) is 1.28. The third-order valence-corrected chi connectivity index (χ3v) is 4.56. The quantitative estimate of drug-likeness (QED) is 0.654. The van der Waals surface area contributed by atoms with Crippen molar-refractivity contribution in [1.82, 2.24) is 10.2 Å². The lowest BCUT2D eigenvalue weighted by molar-refractivity contribution is 0.208. The number of likely N-dealkylation sites (tertiary alicyclic amines) is 1. The summed E-state index contributed by atoms with van der Waals surface area (Å²) in [5, 5.41) is 3.46. The molecule has 0 spiro atoms. The van der Waals surface area contributed by atoms with Crippen LogP contribution < -0.4 is 19.5 Å². The van der Waals surface area contributed by atoms with Gasteiger partial charge in [0.2, 0.25) is 5.75 Å². The number of hydrogen-bond acceptors (Lipinski definition) is 4. The average Bonchev–Trinajstić information content (AvgIpc) is 2.60. The Kier molecular flexibility index (Phi) is 6.79. The molecule has 2 rings (SSSR count). The highest BCUT2D eigenvalue weighted by Crippen LogP contribution is 2.38. The van der Waals surface area contributed by atoms with E-state index in [2.05, 4.69) is 29.1 Å². The molecule has 0 aliphatic carbocycles. The van der Waals surface area contributed by atoms with Crippen molar-refractivity contribution in [2.75, 3.05) is 41.5 Å². The molecule has 25 heavy (non-hydrogen) atoms. The van der Waals surface area contributed by atoms with Gasteiger partial charge in [-0.1, -0.05) is 13.8 Å². The number of rotatable bonds is 5. The molecule has 1 aliphatic rings. The van der Waals surface area contributed by atoms with E-state index in [9.17, 15) is 0 Å². The SMILES string of the molecule is CN=C(NCc1cc(OC)c(OC)c(OC)c1)N1CC(C)CC(C)C1. The second-order valence-corrected chi connectivity index (χ2v) is 6.79. The van der Waals surface area contributed by atoms with E-state index in [1.54, 1.807) is 21.3 Å². The summed E-state index contributed by atoms with van der Waals surface area (Å²) in [7, 11) is 6.70. The molecule has 0 saturated carbocycles. The van der Waals surface area contributed by atoms with Crippen LogP contribution in [0.15, 0.2) is 17.1 Å². The normalized spacial score (nSPS) is 21.0. The smallest absolute Gasteiger partial charge is 0.203 e. The molecule has 0 radical (unpaired) electrons. The van der Waals surface area contributed by atoms with Crippen LogP contribution in [-0.4, -0.2) is 52.3 Å².